The average Bonchev–Trinajstić information content (AvgIpc) is 3.28. The van der Waals surface area contributed by atoms with E-state index in [-0.39, 0.29) is 23.9 Å². The molecule has 1 aromatic carbocycles. The summed E-state index contributed by atoms with van der Waals surface area (Å²) >= 11 is 0. The number of H-pyrrole nitrogens is 1. The number of nitrogens with zero attached hydrogens (tertiary/aromatic N) is 3. The first kappa shape index (κ1) is 17.9. The minimum Gasteiger partial charge on any atom is -0.334 e. The van der Waals surface area contributed by atoms with Gasteiger partial charge in [0, 0.05) is 18.2 Å². The standard InChI is InChI=1S/C19H19FN6O2/c1-11-9-16(23-19(28)21-10-12-5-7-13(20)8-6-12)26(25-11)18-22-15-4-2-3-14(15)17(27)24-18/h5-9H,2-4,10H2,1H3,(H2,21,23,28)(H,22,24,27). The van der Waals surface area contributed by atoms with Crippen LogP contribution in [0.2, 0.25) is 0 Å². The second-order valence-corrected chi connectivity index (χ2v) is 6.69. The second kappa shape index (κ2) is 7.26. The molecular formula is C19H19FN6O2. The number of carbonyl (C=O) groups is 1. The van der Waals surface area contributed by atoms with Gasteiger partial charge in [0.15, 0.2) is 0 Å². The Bertz CT molecular complexity index is 1090. The molecule has 1 aliphatic rings. The van der Waals surface area contributed by atoms with Gasteiger partial charge in [-0.05, 0) is 43.9 Å². The van der Waals surface area contributed by atoms with Crippen molar-refractivity contribution < 1.29 is 9.18 Å². The van der Waals surface area contributed by atoms with Crippen molar-refractivity contribution in [3.63, 3.8) is 0 Å². The van der Waals surface area contributed by atoms with Crippen LogP contribution in [-0.2, 0) is 19.4 Å². The van der Waals surface area contributed by atoms with Gasteiger partial charge in [0.1, 0.15) is 11.6 Å². The highest BCUT2D eigenvalue weighted by Crippen LogP contribution is 2.19. The number of nitrogens with one attached hydrogen (secondary N) is 3. The first-order valence-electron chi connectivity index (χ1n) is 8.98. The number of aryl methyl sites for hydroxylation is 2. The van der Waals surface area contributed by atoms with Gasteiger partial charge in [-0.15, -0.1) is 0 Å². The monoisotopic (exact) mass is 382 g/mol. The van der Waals surface area contributed by atoms with Gasteiger partial charge in [-0.1, -0.05) is 12.1 Å². The third-order valence-corrected chi connectivity index (χ3v) is 4.57. The molecule has 3 N–H and O–H groups in total. The van der Waals surface area contributed by atoms with Crippen LogP contribution in [0.4, 0.5) is 15.0 Å². The van der Waals surface area contributed by atoms with Gasteiger partial charge >= 0.3 is 6.03 Å². The number of amides is 2. The number of carbonyl (C=O) groups excluding carboxylic acids is 1. The van der Waals surface area contributed by atoms with E-state index < -0.39 is 6.03 Å². The van der Waals surface area contributed by atoms with Gasteiger partial charge in [-0.2, -0.15) is 9.78 Å². The predicted octanol–water partition coefficient (Wildman–Crippen LogP) is 2.21. The molecule has 0 atom stereocenters. The Morgan fingerprint density at radius 1 is 1.29 bits per heavy atom. The molecule has 2 amide bonds. The van der Waals surface area contributed by atoms with Crippen LogP contribution in [-0.4, -0.2) is 25.8 Å². The fraction of sp³-hybridized carbons (Fsp3) is 0.263. The Hall–Kier alpha value is -3.49. The van der Waals surface area contributed by atoms with Crippen molar-refractivity contribution in [1.29, 1.82) is 0 Å². The van der Waals surface area contributed by atoms with E-state index in [1.165, 1.54) is 16.8 Å². The SMILES string of the molecule is Cc1cc(NC(=O)NCc2ccc(F)cc2)n(-c2nc3c(c(=O)[nH]2)CCC3)n1. The number of fused-ring (bicyclic) bond motifs is 1. The van der Waals surface area contributed by atoms with E-state index in [4.69, 9.17) is 0 Å². The molecule has 0 saturated carbocycles. The Morgan fingerprint density at radius 3 is 2.86 bits per heavy atom. The van der Waals surface area contributed by atoms with Crippen LogP contribution in [0.1, 0.15) is 28.9 Å². The zero-order chi connectivity index (χ0) is 19.7. The van der Waals surface area contributed by atoms with Gasteiger partial charge in [-0.3, -0.25) is 15.1 Å². The van der Waals surface area contributed by atoms with E-state index in [0.29, 0.717) is 11.5 Å². The summed E-state index contributed by atoms with van der Waals surface area (Å²) in [4.78, 5) is 31.8. The van der Waals surface area contributed by atoms with Crippen molar-refractivity contribution in [1.82, 2.24) is 25.1 Å². The fourth-order valence-electron chi connectivity index (χ4n) is 3.22. The predicted molar refractivity (Wildman–Crippen MR) is 101 cm³/mol. The van der Waals surface area contributed by atoms with Crippen molar-refractivity contribution in [2.24, 2.45) is 0 Å². The van der Waals surface area contributed by atoms with E-state index in [2.05, 4.69) is 25.7 Å². The van der Waals surface area contributed by atoms with Crippen LogP contribution in [0.5, 0.6) is 0 Å². The molecule has 0 radical (unpaired) electrons. The first-order valence-corrected chi connectivity index (χ1v) is 8.98. The van der Waals surface area contributed by atoms with Crippen molar-refractivity contribution in [2.45, 2.75) is 32.7 Å². The van der Waals surface area contributed by atoms with Gasteiger partial charge in [0.25, 0.3) is 5.56 Å². The summed E-state index contributed by atoms with van der Waals surface area (Å²) in [7, 11) is 0. The number of benzene rings is 1. The number of aromatic nitrogens is 4. The molecule has 8 nitrogen and oxygen atoms in total. The van der Waals surface area contributed by atoms with Crippen LogP contribution in [0, 0.1) is 12.7 Å². The van der Waals surface area contributed by atoms with Crippen LogP contribution in [0.25, 0.3) is 5.95 Å². The largest absolute Gasteiger partial charge is 0.334 e. The maximum absolute atomic E-state index is 13.0. The van der Waals surface area contributed by atoms with E-state index in [1.807, 2.05) is 0 Å². The lowest BCUT2D eigenvalue weighted by Gasteiger charge is -2.10. The highest BCUT2D eigenvalue weighted by atomic mass is 19.1. The highest BCUT2D eigenvalue weighted by molar-refractivity contribution is 5.88. The lowest BCUT2D eigenvalue weighted by molar-refractivity contribution is 0.251. The highest BCUT2D eigenvalue weighted by Gasteiger charge is 2.19. The lowest BCUT2D eigenvalue weighted by Crippen LogP contribution is -2.29. The number of halogens is 1. The molecule has 4 rings (SSSR count). The minimum absolute atomic E-state index is 0.169. The van der Waals surface area contributed by atoms with Crippen LogP contribution < -0.4 is 16.2 Å². The Kier molecular flexibility index (Phi) is 4.64. The van der Waals surface area contributed by atoms with E-state index in [9.17, 15) is 14.0 Å². The third-order valence-electron chi connectivity index (χ3n) is 4.57. The third kappa shape index (κ3) is 3.64. The van der Waals surface area contributed by atoms with Gasteiger partial charge in [-0.25, -0.2) is 14.2 Å². The summed E-state index contributed by atoms with van der Waals surface area (Å²) in [6.07, 6.45) is 2.39. The fourth-order valence-corrected chi connectivity index (χ4v) is 3.22. The van der Waals surface area contributed by atoms with E-state index >= 15 is 0 Å². The Morgan fingerprint density at radius 2 is 2.07 bits per heavy atom. The van der Waals surface area contributed by atoms with Crippen molar-refractivity contribution in [2.75, 3.05) is 5.32 Å². The Balaban J connectivity index is 1.52. The minimum atomic E-state index is -0.450. The molecule has 3 aromatic rings. The van der Waals surface area contributed by atoms with Crippen LogP contribution >= 0.6 is 0 Å². The molecule has 9 heteroatoms. The molecule has 2 heterocycles. The second-order valence-electron chi connectivity index (χ2n) is 6.69. The first-order chi connectivity index (χ1) is 13.5. The molecule has 0 unspecified atom stereocenters. The normalized spacial score (nSPS) is 12.6. The summed E-state index contributed by atoms with van der Waals surface area (Å²) in [5, 5.41) is 9.74. The molecular weight excluding hydrogens is 363 g/mol. The molecule has 0 aliphatic heterocycles. The lowest BCUT2D eigenvalue weighted by atomic mass is 10.2. The smallest absolute Gasteiger partial charge is 0.320 e. The number of hydrogen-bond acceptors (Lipinski definition) is 4. The number of aromatic amines is 1. The summed E-state index contributed by atoms with van der Waals surface area (Å²) in [6, 6.07) is 7.11. The maximum atomic E-state index is 13.0. The molecule has 144 valence electrons. The summed E-state index contributed by atoms with van der Waals surface area (Å²) in [6.45, 7) is 2.02. The molecule has 28 heavy (non-hydrogen) atoms. The van der Waals surface area contributed by atoms with E-state index in [0.717, 1.165) is 36.1 Å². The summed E-state index contributed by atoms with van der Waals surface area (Å²) in [5.74, 6) is 0.325. The van der Waals surface area contributed by atoms with E-state index in [1.54, 1.807) is 25.1 Å². The van der Waals surface area contributed by atoms with Crippen molar-refractivity contribution >= 4 is 11.8 Å². The van der Waals surface area contributed by atoms with Gasteiger partial charge < -0.3 is 5.32 Å². The maximum Gasteiger partial charge on any atom is 0.320 e. The number of rotatable bonds is 4. The van der Waals surface area contributed by atoms with Crippen LogP contribution in [0.3, 0.4) is 0 Å². The Labute approximate surface area is 159 Å². The number of hydrogen-bond donors (Lipinski definition) is 3. The molecule has 0 bridgehead atoms. The summed E-state index contributed by atoms with van der Waals surface area (Å²) in [5.41, 5.74) is 2.76. The zero-order valence-electron chi connectivity index (χ0n) is 15.3. The number of anilines is 1. The van der Waals surface area contributed by atoms with Crippen LogP contribution in [0.15, 0.2) is 35.1 Å². The van der Waals surface area contributed by atoms with Gasteiger partial charge in [0.2, 0.25) is 5.95 Å². The zero-order valence-corrected chi connectivity index (χ0v) is 15.3. The summed E-state index contributed by atoms with van der Waals surface area (Å²) < 4.78 is 14.4. The van der Waals surface area contributed by atoms with Gasteiger partial charge in [0.05, 0.1) is 11.4 Å². The number of urea groups is 1. The quantitative estimate of drug-likeness (QED) is 0.643. The molecule has 1 aliphatic carbocycles. The van der Waals surface area contributed by atoms with Crippen molar-refractivity contribution in [3.05, 3.63) is 69.0 Å². The molecule has 0 saturated heterocycles. The molecule has 2 aromatic heterocycles. The molecule has 0 spiro atoms. The topological polar surface area (TPSA) is 105 Å². The average molecular weight is 382 g/mol. The molecule has 0 fully saturated rings. The van der Waals surface area contributed by atoms with Crippen molar-refractivity contribution in [3.8, 4) is 5.95 Å².